The van der Waals surface area contributed by atoms with Crippen molar-refractivity contribution in [3.63, 3.8) is 0 Å². The Morgan fingerprint density at radius 1 is 1.00 bits per heavy atom. The molecule has 0 unspecified atom stereocenters. The number of methoxy groups -OCH3 is 2. The smallest absolute Gasteiger partial charge is 0.161 e. The lowest BCUT2D eigenvalue weighted by Gasteiger charge is -2.29. The van der Waals surface area contributed by atoms with Crippen molar-refractivity contribution in [3.05, 3.63) is 65.4 Å². The standard InChI is InChI=1S/C21H22N2O2/c1-24-19-11-16-8-10-23(14-18(16)12-20(19)25-2)13-17-6-3-5-15-7-4-9-22-21(15)17/h3-7,9,11-12H,8,10,13-14H2,1-2H3. The molecule has 1 aliphatic rings. The van der Waals surface area contributed by atoms with E-state index in [1.807, 2.05) is 12.3 Å². The van der Waals surface area contributed by atoms with Gasteiger partial charge in [-0.2, -0.15) is 0 Å². The quantitative estimate of drug-likeness (QED) is 0.727. The van der Waals surface area contributed by atoms with Gasteiger partial charge in [0.15, 0.2) is 11.5 Å². The number of aromatic nitrogens is 1. The van der Waals surface area contributed by atoms with Crippen LogP contribution in [0.1, 0.15) is 16.7 Å². The van der Waals surface area contributed by atoms with Gasteiger partial charge in [0, 0.05) is 31.2 Å². The van der Waals surface area contributed by atoms with Gasteiger partial charge in [0.25, 0.3) is 0 Å². The van der Waals surface area contributed by atoms with E-state index in [0.717, 1.165) is 43.1 Å². The molecule has 1 aliphatic heterocycles. The highest BCUT2D eigenvalue weighted by molar-refractivity contribution is 5.81. The van der Waals surface area contributed by atoms with Crippen molar-refractivity contribution in [2.75, 3.05) is 20.8 Å². The molecule has 0 radical (unpaired) electrons. The first-order chi connectivity index (χ1) is 12.3. The molecule has 0 saturated carbocycles. The fourth-order valence-electron chi connectivity index (χ4n) is 3.61. The van der Waals surface area contributed by atoms with Crippen molar-refractivity contribution in [1.29, 1.82) is 0 Å². The number of rotatable bonds is 4. The summed E-state index contributed by atoms with van der Waals surface area (Å²) in [7, 11) is 3.37. The summed E-state index contributed by atoms with van der Waals surface area (Å²) in [5.41, 5.74) is 5.05. The van der Waals surface area contributed by atoms with Gasteiger partial charge in [-0.15, -0.1) is 0 Å². The van der Waals surface area contributed by atoms with Crippen molar-refractivity contribution in [2.45, 2.75) is 19.5 Å². The molecule has 0 atom stereocenters. The van der Waals surface area contributed by atoms with Gasteiger partial charge in [-0.25, -0.2) is 0 Å². The SMILES string of the molecule is COc1cc2c(cc1OC)CN(Cc1cccc3cccnc13)CC2. The highest BCUT2D eigenvalue weighted by Crippen LogP contribution is 2.33. The first kappa shape index (κ1) is 15.9. The summed E-state index contributed by atoms with van der Waals surface area (Å²) in [6.07, 6.45) is 2.89. The first-order valence-electron chi connectivity index (χ1n) is 8.57. The molecule has 4 nitrogen and oxygen atoms in total. The minimum absolute atomic E-state index is 0.801. The summed E-state index contributed by atoms with van der Waals surface area (Å²) in [5.74, 6) is 1.61. The molecule has 1 aromatic heterocycles. The minimum atomic E-state index is 0.801. The van der Waals surface area contributed by atoms with Crippen molar-refractivity contribution >= 4 is 10.9 Å². The predicted molar refractivity (Wildman–Crippen MR) is 99.1 cm³/mol. The highest BCUT2D eigenvalue weighted by Gasteiger charge is 2.20. The van der Waals surface area contributed by atoms with Crippen LogP contribution in [0.25, 0.3) is 10.9 Å². The van der Waals surface area contributed by atoms with E-state index < -0.39 is 0 Å². The van der Waals surface area contributed by atoms with E-state index in [-0.39, 0.29) is 0 Å². The Labute approximate surface area is 148 Å². The molecule has 2 aromatic carbocycles. The molecule has 0 aliphatic carbocycles. The van der Waals surface area contributed by atoms with Crippen molar-refractivity contribution in [2.24, 2.45) is 0 Å². The molecule has 0 fully saturated rings. The van der Waals surface area contributed by atoms with Crippen LogP contribution < -0.4 is 9.47 Å². The lowest BCUT2D eigenvalue weighted by Crippen LogP contribution is -2.30. The number of hydrogen-bond donors (Lipinski definition) is 0. The maximum absolute atomic E-state index is 5.46. The molecular formula is C21H22N2O2. The van der Waals surface area contributed by atoms with Gasteiger partial charge in [0.1, 0.15) is 0 Å². The molecule has 0 amide bonds. The van der Waals surface area contributed by atoms with Crippen LogP contribution in [-0.4, -0.2) is 30.6 Å². The van der Waals surface area contributed by atoms with Gasteiger partial charge < -0.3 is 9.47 Å². The molecule has 0 bridgehead atoms. The number of ether oxygens (including phenoxy) is 2. The normalized spacial score (nSPS) is 14.3. The Morgan fingerprint density at radius 2 is 1.76 bits per heavy atom. The van der Waals surface area contributed by atoms with Gasteiger partial charge in [0.05, 0.1) is 19.7 Å². The van der Waals surface area contributed by atoms with E-state index in [0.29, 0.717) is 0 Å². The average molecular weight is 334 g/mol. The molecule has 4 rings (SSSR count). The topological polar surface area (TPSA) is 34.6 Å². The fraction of sp³-hybridized carbons (Fsp3) is 0.286. The van der Waals surface area contributed by atoms with E-state index in [9.17, 15) is 0 Å². The van der Waals surface area contributed by atoms with Crippen LogP contribution in [0.3, 0.4) is 0 Å². The Hall–Kier alpha value is -2.59. The van der Waals surface area contributed by atoms with E-state index >= 15 is 0 Å². The van der Waals surface area contributed by atoms with Crippen LogP contribution in [0.15, 0.2) is 48.7 Å². The predicted octanol–water partition coefficient (Wildman–Crippen LogP) is 3.81. The molecule has 0 saturated heterocycles. The number of para-hydroxylation sites is 1. The van der Waals surface area contributed by atoms with E-state index in [1.54, 1.807) is 14.2 Å². The lowest BCUT2D eigenvalue weighted by molar-refractivity contribution is 0.245. The lowest BCUT2D eigenvalue weighted by atomic mass is 9.98. The van der Waals surface area contributed by atoms with Crippen LogP contribution >= 0.6 is 0 Å². The van der Waals surface area contributed by atoms with Crippen LogP contribution in [0.2, 0.25) is 0 Å². The van der Waals surface area contributed by atoms with Gasteiger partial charge in [-0.3, -0.25) is 9.88 Å². The summed E-state index contributed by atoms with van der Waals surface area (Å²) in [5, 5.41) is 1.20. The van der Waals surface area contributed by atoms with Crippen molar-refractivity contribution < 1.29 is 9.47 Å². The molecule has 3 aromatic rings. The number of hydrogen-bond acceptors (Lipinski definition) is 4. The van der Waals surface area contributed by atoms with Gasteiger partial charge in [-0.05, 0) is 41.3 Å². The summed E-state index contributed by atoms with van der Waals surface area (Å²) >= 11 is 0. The first-order valence-corrected chi connectivity index (χ1v) is 8.57. The van der Waals surface area contributed by atoms with Gasteiger partial charge in [-0.1, -0.05) is 24.3 Å². The van der Waals surface area contributed by atoms with Crippen LogP contribution in [0, 0.1) is 0 Å². The molecule has 0 spiro atoms. The summed E-state index contributed by atoms with van der Waals surface area (Å²) in [6.45, 7) is 2.85. The Morgan fingerprint density at radius 3 is 2.56 bits per heavy atom. The summed E-state index contributed by atoms with van der Waals surface area (Å²) in [6, 6.07) is 14.8. The summed E-state index contributed by atoms with van der Waals surface area (Å²) < 4.78 is 10.9. The largest absolute Gasteiger partial charge is 0.493 e. The van der Waals surface area contributed by atoms with Crippen molar-refractivity contribution in [3.8, 4) is 11.5 Å². The molecule has 25 heavy (non-hydrogen) atoms. The Kier molecular flexibility index (Phi) is 4.28. The molecule has 4 heteroatoms. The zero-order valence-corrected chi connectivity index (χ0v) is 14.7. The van der Waals surface area contributed by atoms with Gasteiger partial charge in [0.2, 0.25) is 0 Å². The third-order valence-electron chi connectivity index (χ3n) is 4.91. The molecule has 2 heterocycles. The van der Waals surface area contributed by atoms with Crippen LogP contribution in [-0.2, 0) is 19.5 Å². The molecular weight excluding hydrogens is 312 g/mol. The second kappa shape index (κ2) is 6.73. The van der Waals surface area contributed by atoms with Crippen LogP contribution in [0.4, 0.5) is 0 Å². The average Bonchev–Trinajstić information content (AvgIpc) is 2.67. The number of fused-ring (bicyclic) bond motifs is 2. The summed E-state index contributed by atoms with van der Waals surface area (Å²) in [4.78, 5) is 7.05. The monoisotopic (exact) mass is 334 g/mol. The second-order valence-electron chi connectivity index (χ2n) is 6.43. The van der Waals surface area contributed by atoms with Gasteiger partial charge >= 0.3 is 0 Å². The van der Waals surface area contributed by atoms with E-state index in [4.69, 9.17) is 9.47 Å². The number of nitrogens with zero attached hydrogens (tertiary/aromatic N) is 2. The third-order valence-corrected chi connectivity index (χ3v) is 4.91. The fourth-order valence-corrected chi connectivity index (χ4v) is 3.61. The zero-order valence-electron chi connectivity index (χ0n) is 14.7. The molecule has 128 valence electrons. The Balaban J connectivity index is 1.60. The number of benzene rings is 2. The van der Waals surface area contributed by atoms with Crippen LogP contribution in [0.5, 0.6) is 11.5 Å². The minimum Gasteiger partial charge on any atom is -0.493 e. The zero-order chi connectivity index (χ0) is 17.2. The maximum Gasteiger partial charge on any atom is 0.161 e. The number of pyridine rings is 1. The third kappa shape index (κ3) is 3.05. The van der Waals surface area contributed by atoms with Crippen molar-refractivity contribution in [1.82, 2.24) is 9.88 Å². The van der Waals surface area contributed by atoms with E-state index in [1.165, 1.54) is 22.1 Å². The Bertz CT molecular complexity index is 902. The van der Waals surface area contributed by atoms with E-state index in [2.05, 4.69) is 46.3 Å². The maximum atomic E-state index is 5.46. The highest BCUT2D eigenvalue weighted by atomic mass is 16.5. The molecule has 0 N–H and O–H groups in total. The second-order valence-corrected chi connectivity index (χ2v) is 6.43.